The molecule has 2 heterocycles. The standard InChI is InChI=1S/C12H16N4OS/c1-7(2)10(11-13-8(3)15-16-11)14-12(17)9-4-5-18-6-9/h4-7,10H,1-3H3,(H,14,17)(H,13,15,16). The van der Waals surface area contributed by atoms with E-state index in [1.165, 1.54) is 11.3 Å². The Morgan fingerprint density at radius 3 is 2.78 bits per heavy atom. The van der Waals surface area contributed by atoms with Gasteiger partial charge in [0, 0.05) is 5.38 Å². The van der Waals surface area contributed by atoms with Gasteiger partial charge in [-0.05, 0) is 24.3 Å². The summed E-state index contributed by atoms with van der Waals surface area (Å²) in [6, 6.07) is 1.63. The van der Waals surface area contributed by atoms with Gasteiger partial charge in [-0.25, -0.2) is 4.98 Å². The fourth-order valence-corrected chi connectivity index (χ4v) is 2.28. The predicted octanol–water partition coefficient (Wildman–Crippen LogP) is 2.30. The number of aromatic nitrogens is 3. The average molecular weight is 264 g/mol. The van der Waals surface area contributed by atoms with Crippen molar-refractivity contribution in [2.75, 3.05) is 0 Å². The molecule has 2 aromatic rings. The highest BCUT2D eigenvalue weighted by Gasteiger charge is 2.22. The molecule has 0 aliphatic carbocycles. The Hall–Kier alpha value is -1.69. The number of rotatable bonds is 4. The van der Waals surface area contributed by atoms with Crippen LogP contribution in [0.5, 0.6) is 0 Å². The van der Waals surface area contributed by atoms with Crippen LogP contribution in [0, 0.1) is 12.8 Å². The van der Waals surface area contributed by atoms with Gasteiger partial charge in [0.25, 0.3) is 5.91 Å². The lowest BCUT2D eigenvalue weighted by Crippen LogP contribution is -2.32. The van der Waals surface area contributed by atoms with E-state index in [0.29, 0.717) is 11.4 Å². The van der Waals surface area contributed by atoms with E-state index in [1.54, 1.807) is 6.07 Å². The number of amides is 1. The lowest BCUT2D eigenvalue weighted by Gasteiger charge is -2.19. The number of aromatic amines is 1. The maximum atomic E-state index is 12.0. The van der Waals surface area contributed by atoms with Crippen molar-refractivity contribution in [2.45, 2.75) is 26.8 Å². The van der Waals surface area contributed by atoms with Crippen LogP contribution < -0.4 is 5.32 Å². The van der Waals surface area contributed by atoms with Crippen LogP contribution in [0.1, 0.15) is 41.9 Å². The highest BCUT2D eigenvalue weighted by molar-refractivity contribution is 7.08. The Morgan fingerprint density at radius 1 is 1.50 bits per heavy atom. The van der Waals surface area contributed by atoms with Crippen molar-refractivity contribution in [2.24, 2.45) is 5.92 Å². The fraction of sp³-hybridized carbons (Fsp3) is 0.417. The molecule has 0 aliphatic heterocycles. The van der Waals surface area contributed by atoms with Crippen LogP contribution in [0.15, 0.2) is 16.8 Å². The second-order valence-corrected chi connectivity index (χ2v) is 5.27. The largest absolute Gasteiger partial charge is 0.342 e. The van der Waals surface area contributed by atoms with Gasteiger partial charge in [0.2, 0.25) is 0 Å². The van der Waals surface area contributed by atoms with E-state index in [0.717, 1.165) is 5.82 Å². The molecule has 0 aromatic carbocycles. The Bertz CT molecular complexity index is 518. The second kappa shape index (κ2) is 5.30. The molecular weight excluding hydrogens is 248 g/mol. The zero-order valence-corrected chi connectivity index (χ0v) is 11.4. The quantitative estimate of drug-likeness (QED) is 0.890. The average Bonchev–Trinajstić information content (AvgIpc) is 2.95. The molecule has 0 fully saturated rings. The maximum absolute atomic E-state index is 12.0. The van der Waals surface area contributed by atoms with Crippen molar-refractivity contribution in [1.29, 1.82) is 0 Å². The number of H-pyrrole nitrogens is 1. The van der Waals surface area contributed by atoms with Gasteiger partial charge < -0.3 is 5.32 Å². The van der Waals surface area contributed by atoms with Gasteiger partial charge in [0.15, 0.2) is 5.82 Å². The van der Waals surface area contributed by atoms with E-state index < -0.39 is 0 Å². The van der Waals surface area contributed by atoms with Crippen molar-refractivity contribution >= 4 is 17.2 Å². The van der Waals surface area contributed by atoms with Crippen LogP contribution in [0.3, 0.4) is 0 Å². The lowest BCUT2D eigenvalue weighted by atomic mass is 10.0. The third-order valence-electron chi connectivity index (χ3n) is 2.63. The third kappa shape index (κ3) is 2.76. The summed E-state index contributed by atoms with van der Waals surface area (Å²) in [4.78, 5) is 16.3. The Morgan fingerprint density at radius 2 is 2.28 bits per heavy atom. The number of nitrogens with one attached hydrogen (secondary N) is 2. The van der Waals surface area contributed by atoms with Gasteiger partial charge in [-0.15, -0.1) is 0 Å². The molecule has 0 spiro atoms. The van der Waals surface area contributed by atoms with E-state index in [2.05, 4.69) is 20.5 Å². The van der Waals surface area contributed by atoms with Crippen LogP contribution in [0.25, 0.3) is 0 Å². The normalized spacial score (nSPS) is 12.7. The van der Waals surface area contributed by atoms with Gasteiger partial charge in [0.05, 0.1) is 11.6 Å². The van der Waals surface area contributed by atoms with E-state index in [4.69, 9.17) is 0 Å². The Labute approximate surface area is 110 Å². The molecule has 2 aromatic heterocycles. The highest BCUT2D eigenvalue weighted by atomic mass is 32.1. The van der Waals surface area contributed by atoms with Crippen LogP contribution in [0.4, 0.5) is 0 Å². The number of nitrogens with zero attached hydrogens (tertiary/aromatic N) is 2. The Balaban J connectivity index is 2.15. The number of hydrogen-bond donors (Lipinski definition) is 2. The summed E-state index contributed by atoms with van der Waals surface area (Å²) < 4.78 is 0. The highest BCUT2D eigenvalue weighted by Crippen LogP contribution is 2.19. The summed E-state index contributed by atoms with van der Waals surface area (Å²) in [5, 5.41) is 13.6. The van der Waals surface area contributed by atoms with Crippen molar-refractivity contribution < 1.29 is 4.79 Å². The first-order chi connectivity index (χ1) is 8.58. The minimum atomic E-state index is -0.178. The molecule has 0 bridgehead atoms. The summed E-state index contributed by atoms with van der Waals surface area (Å²) in [5.41, 5.74) is 0.679. The SMILES string of the molecule is Cc1nc(C(NC(=O)c2ccsc2)C(C)C)n[nH]1. The van der Waals surface area contributed by atoms with Crippen molar-refractivity contribution in [1.82, 2.24) is 20.5 Å². The summed E-state index contributed by atoms with van der Waals surface area (Å²) in [6.45, 7) is 5.91. The number of aryl methyl sites for hydroxylation is 1. The molecule has 1 atom stereocenters. The molecule has 2 N–H and O–H groups in total. The number of hydrogen-bond acceptors (Lipinski definition) is 4. The van der Waals surface area contributed by atoms with Crippen molar-refractivity contribution in [3.63, 3.8) is 0 Å². The molecule has 18 heavy (non-hydrogen) atoms. The molecule has 1 amide bonds. The van der Waals surface area contributed by atoms with Gasteiger partial charge in [-0.1, -0.05) is 13.8 Å². The Kier molecular flexibility index (Phi) is 3.76. The maximum Gasteiger partial charge on any atom is 0.252 e. The predicted molar refractivity (Wildman–Crippen MR) is 70.5 cm³/mol. The zero-order chi connectivity index (χ0) is 13.1. The van der Waals surface area contributed by atoms with Crippen LogP contribution in [-0.4, -0.2) is 21.1 Å². The van der Waals surface area contributed by atoms with Crippen LogP contribution in [-0.2, 0) is 0 Å². The third-order valence-corrected chi connectivity index (χ3v) is 3.31. The minimum Gasteiger partial charge on any atom is -0.342 e. The monoisotopic (exact) mass is 264 g/mol. The smallest absolute Gasteiger partial charge is 0.252 e. The first kappa shape index (κ1) is 12.8. The topological polar surface area (TPSA) is 70.7 Å². The second-order valence-electron chi connectivity index (χ2n) is 4.49. The minimum absolute atomic E-state index is 0.0857. The first-order valence-electron chi connectivity index (χ1n) is 5.80. The van der Waals surface area contributed by atoms with Gasteiger partial charge in [-0.3, -0.25) is 9.89 Å². The summed E-state index contributed by atoms with van der Waals surface area (Å²) in [6.07, 6.45) is 0. The zero-order valence-electron chi connectivity index (χ0n) is 10.6. The van der Waals surface area contributed by atoms with Crippen LogP contribution >= 0.6 is 11.3 Å². The lowest BCUT2D eigenvalue weighted by molar-refractivity contribution is 0.0923. The van der Waals surface area contributed by atoms with E-state index >= 15 is 0 Å². The molecule has 96 valence electrons. The fourth-order valence-electron chi connectivity index (χ4n) is 1.65. The molecule has 1 unspecified atom stereocenters. The molecule has 0 radical (unpaired) electrons. The van der Waals surface area contributed by atoms with Crippen molar-refractivity contribution in [3.05, 3.63) is 34.0 Å². The molecule has 0 saturated carbocycles. The molecule has 0 aliphatic rings. The van der Waals surface area contributed by atoms with Crippen LogP contribution in [0.2, 0.25) is 0 Å². The van der Waals surface area contributed by atoms with Gasteiger partial charge in [-0.2, -0.15) is 16.4 Å². The number of carbonyl (C=O) groups excluding carboxylic acids is 1. The molecule has 2 rings (SSSR count). The number of thiophene rings is 1. The molecule has 0 saturated heterocycles. The molecular formula is C12H16N4OS. The van der Waals surface area contributed by atoms with E-state index in [-0.39, 0.29) is 17.9 Å². The molecule has 6 heteroatoms. The summed E-state index contributed by atoms with van der Waals surface area (Å²) in [7, 11) is 0. The van der Waals surface area contributed by atoms with Crippen molar-refractivity contribution in [3.8, 4) is 0 Å². The summed E-state index contributed by atoms with van der Waals surface area (Å²) >= 11 is 1.51. The van der Waals surface area contributed by atoms with E-state index in [9.17, 15) is 4.79 Å². The molecule has 5 nitrogen and oxygen atoms in total. The first-order valence-corrected chi connectivity index (χ1v) is 6.74. The van der Waals surface area contributed by atoms with E-state index in [1.807, 2.05) is 31.5 Å². The van der Waals surface area contributed by atoms with Gasteiger partial charge in [0.1, 0.15) is 5.82 Å². The number of carbonyl (C=O) groups is 1. The summed E-state index contributed by atoms with van der Waals surface area (Å²) in [5.74, 6) is 1.52. The van der Waals surface area contributed by atoms with Gasteiger partial charge >= 0.3 is 0 Å².